The summed E-state index contributed by atoms with van der Waals surface area (Å²) >= 11 is 0. The minimum Gasteiger partial charge on any atom is -0.372 e. The zero-order valence-corrected chi connectivity index (χ0v) is 17.5. The van der Waals surface area contributed by atoms with E-state index in [9.17, 15) is 8.42 Å². The Balaban J connectivity index is 1.84. The molecule has 27 heavy (non-hydrogen) atoms. The van der Waals surface area contributed by atoms with Crippen molar-refractivity contribution in [3.05, 3.63) is 29.3 Å². The molecule has 0 saturated carbocycles. The van der Waals surface area contributed by atoms with E-state index < -0.39 is 10.0 Å². The van der Waals surface area contributed by atoms with Gasteiger partial charge in [0.1, 0.15) is 11.0 Å². The van der Waals surface area contributed by atoms with Gasteiger partial charge >= 0.3 is 0 Å². The lowest BCUT2D eigenvalue weighted by molar-refractivity contribution is 0.102. The van der Waals surface area contributed by atoms with Crippen molar-refractivity contribution in [2.45, 2.75) is 71.2 Å². The Labute approximate surface area is 161 Å². The third-order valence-corrected chi connectivity index (χ3v) is 6.57. The summed E-state index contributed by atoms with van der Waals surface area (Å²) in [4.78, 5) is 0.276. The molecule has 1 fully saturated rings. The van der Waals surface area contributed by atoms with Gasteiger partial charge in [-0.25, -0.2) is 13.1 Å². The average Bonchev–Trinajstić information content (AvgIpc) is 3.26. The molecule has 0 aromatic carbocycles. The van der Waals surface area contributed by atoms with Gasteiger partial charge in [0.2, 0.25) is 10.0 Å². The van der Waals surface area contributed by atoms with Crippen molar-refractivity contribution in [1.82, 2.24) is 24.3 Å². The second-order valence-corrected chi connectivity index (χ2v) is 9.16. The van der Waals surface area contributed by atoms with Crippen molar-refractivity contribution in [2.75, 3.05) is 6.61 Å². The molecule has 0 unspecified atom stereocenters. The van der Waals surface area contributed by atoms with Crippen LogP contribution in [0.1, 0.15) is 50.2 Å². The standard InChI is InChI=1S/C18H29N5O3S/c1-6-22-11-15(9-19-22)17-16(7-8-26-17)21-27(24,25)18-13(4)20-23(14(18)5)10-12(2)3/h9,11-12,16-17,21H,6-8,10H2,1-5H3/t16-,17+/m0/s1. The van der Waals surface area contributed by atoms with Gasteiger partial charge < -0.3 is 4.74 Å². The largest absolute Gasteiger partial charge is 0.372 e. The summed E-state index contributed by atoms with van der Waals surface area (Å²) in [6.45, 7) is 11.7. The predicted octanol–water partition coefficient (Wildman–Crippen LogP) is 2.18. The van der Waals surface area contributed by atoms with Gasteiger partial charge in [0.15, 0.2) is 0 Å². The lowest BCUT2D eigenvalue weighted by atomic mass is 10.1. The zero-order valence-electron chi connectivity index (χ0n) is 16.6. The molecule has 1 saturated heterocycles. The van der Waals surface area contributed by atoms with E-state index in [-0.39, 0.29) is 17.0 Å². The van der Waals surface area contributed by atoms with Gasteiger partial charge in [0.05, 0.1) is 23.6 Å². The normalized spacial score (nSPS) is 20.7. The number of aromatic nitrogens is 4. The summed E-state index contributed by atoms with van der Waals surface area (Å²) in [5.74, 6) is 0.384. The Morgan fingerprint density at radius 3 is 2.74 bits per heavy atom. The number of aryl methyl sites for hydroxylation is 2. The molecule has 0 spiro atoms. The third-order valence-electron chi connectivity index (χ3n) is 4.83. The highest BCUT2D eigenvalue weighted by Gasteiger charge is 2.36. The molecule has 3 heterocycles. The highest BCUT2D eigenvalue weighted by molar-refractivity contribution is 7.89. The van der Waals surface area contributed by atoms with Crippen LogP contribution in [0.4, 0.5) is 0 Å². The van der Waals surface area contributed by atoms with Gasteiger partial charge in [0, 0.05) is 31.5 Å². The van der Waals surface area contributed by atoms with Gasteiger partial charge in [0.25, 0.3) is 0 Å². The first kappa shape index (κ1) is 20.0. The summed E-state index contributed by atoms with van der Waals surface area (Å²) in [6, 6.07) is -0.322. The topological polar surface area (TPSA) is 91.0 Å². The Morgan fingerprint density at radius 1 is 1.37 bits per heavy atom. The van der Waals surface area contributed by atoms with Crippen LogP contribution in [0.5, 0.6) is 0 Å². The number of rotatable bonds is 7. The van der Waals surface area contributed by atoms with Crippen molar-refractivity contribution in [3.8, 4) is 0 Å². The molecule has 2 aromatic rings. The van der Waals surface area contributed by atoms with Crippen LogP contribution in [0.2, 0.25) is 0 Å². The lowest BCUT2D eigenvalue weighted by Crippen LogP contribution is -2.37. The maximum absolute atomic E-state index is 13.1. The van der Waals surface area contributed by atoms with E-state index in [4.69, 9.17) is 4.74 Å². The average molecular weight is 396 g/mol. The monoisotopic (exact) mass is 395 g/mol. The fourth-order valence-electron chi connectivity index (χ4n) is 3.59. The SMILES string of the molecule is CCn1cc([C@H]2OCC[C@@H]2NS(=O)(=O)c2c(C)nn(CC(C)C)c2C)cn1. The molecule has 0 bridgehead atoms. The molecule has 3 rings (SSSR count). The van der Waals surface area contributed by atoms with Crippen molar-refractivity contribution in [3.63, 3.8) is 0 Å². The summed E-state index contributed by atoms with van der Waals surface area (Å²) < 4.78 is 38.5. The Hall–Kier alpha value is -1.71. The Bertz CT molecular complexity index is 900. The lowest BCUT2D eigenvalue weighted by Gasteiger charge is -2.19. The van der Waals surface area contributed by atoms with Crippen LogP contribution in [-0.2, 0) is 27.8 Å². The summed E-state index contributed by atoms with van der Waals surface area (Å²) in [6.07, 6.45) is 3.96. The van der Waals surface area contributed by atoms with Crippen LogP contribution in [0.3, 0.4) is 0 Å². The minimum atomic E-state index is -3.70. The van der Waals surface area contributed by atoms with E-state index in [0.717, 1.165) is 12.1 Å². The minimum absolute atomic E-state index is 0.276. The third kappa shape index (κ3) is 4.09. The quantitative estimate of drug-likeness (QED) is 0.776. The molecule has 1 aliphatic heterocycles. The van der Waals surface area contributed by atoms with Gasteiger partial charge in [-0.05, 0) is 33.1 Å². The van der Waals surface area contributed by atoms with E-state index in [0.29, 0.717) is 36.9 Å². The predicted molar refractivity (Wildman–Crippen MR) is 102 cm³/mol. The molecule has 150 valence electrons. The first-order chi connectivity index (χ1) is 12.7. The zero-order chi connectivity index (χ0) is 19.8. The fourth-order valence-corrected chi connectivity index (χ4v) is 5.27. The summed E-state index contributed by atoms with van der Waals surface area (Å²) in [7, 11) is -3.70. The smallest absolute Gasteiger partial charge is 0.244 e. The number of nitrogens with zero attached hydrogens (tertiary/aromatic N) is 4. The van der Waals surface area contributed by atoms with Gasteiger partial charge in [-0.3, -0.25) is 9.36 Å². The van der Waals surface area contributed by atoms with Gasteiger partial charge in [-0.2, -0.15) is 10.2 Å². The number of hydrogen-bond acceptors (Lipinski definition) is 5. The fraction of sp³-hybridized carbons (Fsp3) is 0.667. The molecule has 0 amide bonds. The second kappa shape index (κ2) is 7.73. The molecule has 1 N–H and O–H groups in total. The van der Waals surface area contributed by atoms with E-state index in [1.54, 1.807) is 17.8 Å². The van der Waals surface area contributed by atoms with Crippen LogP contribution in [0.15, 0.2) is 17.3 Å². The van der Waals surface area contributed by atoms with Crippen LogP contribution >= 0.6 is 0 Å². The first-order valence-electron chi connectivity index (χ1n) is 9.43. The number of sulfonamides is 1. The summed E-state index contributed by atoms with van der Waals surface area (Å²) in [5, 5.41) is 8.71. The van der Waals surface area contributed by atoms with Gasteiger partial charge in [-0.1, -0.05) is 13.8 Å². The van der Waals surface area contributed by atoms with Crippen molar-refractivity contribution in [1.29, 1.82) is 0 Å². The molecular formula is C18H29N5O3S. The molecule has 8 nitrogen and oxygen atoms in total. The number of hydrogen-bond donors (Lipinski definition) is 1. The van der Waals surface area contributed by atoms with Crippen LogP contribution in [-0.4, -0.2) is 40.6 Å². The van der Waals surface area contributed by atoms with Crippen molar-refractivity contribution < 1.29 is 13.2 Å². The molecular weight excluding hydrogens is 366 g/mol. The van der Waals surface area contributed by atoms with Crippen LogP contribution in [0, 0.1) is 19.8 Å². The van der Waals surface area contributed by atoms with Gasteiger partial charge in [-0.15, -0.1) is 0 Å². The highest BCUT2D eigenvalue weighted by atomic mass is 32.2. The molecule has 2 atom stereocenters. The number of ether oxygens (including phenoxy) is 1. The Kier molecular flexibility index (Phi) is 5.73. The molecule has 2 aromatic heterocycles. The van der Waals surface area contributed by atoms with E-state index in [2.05, 4.69) is 28.8 Å². The maximum atomic E-state index is 13.1. The molecule has 9 heteroatoms. The van der Waals surface area contributed by atoms with Crippen LogP contribution < -0.4 is 4.72 Å². The summed E-state index contributed by atoms with van der Waals surface area (Å²) in [5.41, 5.74) is 2.09. The maximum Gasteiger partial charge on any atom is 0.244 e. The second-order valence-electron chi connectivity index (χ2n) is 7.51. The first-order valence-corrected chi connectivity index (χ1v) is 10.9. The highest BCUT2D eigenvalue weighted by Crippen LogP contribution is 2.31. The van der Waals surface area contributed by atoms with E-state index in [1.165, 1.54) is 0 Å². The molecule has 0 radical (unpaired) electrons. The van der Waals surface area contributed by atoms with E-state index >= 15 is 0 Å². The molecule has 1 aliphatic rings. The number of nitrogens with one attached hydrogen (secondary N) is 1. The van der Waals surface area contributed by atoms with Crippen LogP contribution in [0.25, 0.3) is 0 Å². The molecule has 0 aliphatic carbocycles. The van der Waals surface area contributed by atoms with Crippen molar-refractivity contribution in [2.24, 2.45) is 5.92 Å². The Morgan fingerprint density at radius 2 is 2.11 bits per heavy atom. The van der Waals surface area contributed by atoms with E-state index in [1.807, 2.05) is 24.7 Å². The van der Waals surface area contributed by atoms with Crippen molar-refractivity contribution >= 4 is 10.0 Å².